The lowest BCUT2D eigenvalue weighted by Gasteiger charge is -2.07. The molecule has 2 heterocycles. The van der Waals surface area contributed by atoms with Crippen LogP contribution in [0.4, 0.5) is 13.2 Å². The topological polar surface area (TPSA) is 67.0 Å². The predicted molar refractivity (Wildman–Crippen MR) is 117 cm³/mol. The van der Waals surface area contributed by atoms with Gasteiger partial charge in [-0.25, -0.2) is 0 Å². The van der Waals surface area contributed by atoms with Crippen molar-refractivity contribution in [1.29, 1.82) is 0 Å². The van der Waals surface area contributed by atoms with Crippen molar-refractivity contribution >= 4 is 33.8 Å². The van der Waals surface area contributed by atoms with Gasteiger partial charge < -0.3 is 15.0 Å². The van der Waals surface area contributed by atoms with E-state index >= 15 is 0 Å². The predicted octanol–water partition coefficient (Wildman–Crippen LogP) is 5.25. The van der Waals surface area contributed by atoms with Gasteiger partial charge in [0, 0.05) is 28.6 Å². The molecule has 0 atom stereocenters. The van der Waals surface area contributed by atoms with Crippen LogP contribution in [-0.4, -0.2) is 29.0 Å². The highest BCUT2D eigenvalue weighted by Crippen LogP contribution is 2.30. The van der Waals surface area contributed by atoms with Gasteiger partial charge >= 0.3 is 6.18 Å². The number of halogens is 3. The zero-order chi connectivity index (χ0) is 22.7. The van der Waals surface area contributed by atoms with Gasteiger partial charge in [-0.2, -0.15) is 13.2 Å². The van der Waals surface area contributed by atoms with Gasteiger partial charge in [0.2, 0.25) is 5.91 Å². The number of nitrogens with one attached hydrogen (secondary N) is 2. The van der Waals surface area contributed by atoms with E-state index < -0.39 is 17.6 Å². The van der Waals surface area contributed by atoms with E-state index in [0.29, 0.717) is 11.3 Å². The maximum absolute atomic E-state index is 12.8. The molecule has 0 bridgehead atoms. The summed E-state index contributed by atoms with van der Waals surface area (Å²) in [5, 5.41) is 4.74. The summed E-state index contributed by atoms with van der Waals surface area (Å²) >= 11 is 0. The van der Waals surface area contributed by atoms with Crippen LogP contribution in [0.1, 0.15) is 16.8 Å². The van der Waals surface area contributed by atoms with Crippen LogP contribution >= 0.6 is 0 Å². The molecule has 2 N–H and O–H groups in total. The Morgan fingerprint density at radius 2 is 2.00 bits per heavy atom. The zero-order valence-electron chi connectivity index (χ0n) is 17.2. The molecule has 0 saturated carbocycles. The number of alkyl halides is 3. The number of aromatic amines is 1. The van der Waals surface area contributed by atoms with Gasteiger partial charge in [0.1, 0.15) is 12.4 Å². The summed E-state index contributed by atoms with van der Waals surface area (Å²) < 4.78 is 44.0. The van der Waals surface area contributed by atoms with Gasteiger partial charge in [-0.15, -0.1) is 0 Å². The van der Waals surface area contributed by atoms with Gasteiger partial charge in [-0.3, -0.25) is 9.78 Å². The molecule has 4 aromatic rings. The number of ether oxygens (including phenoxy) is 1. The lowest BCUT2D eigenvalue weighted by Crippen LogP contribution is -2.26. The molecule has 4 rings (SSSR count). The number of aryl methyl sites for hydroxylation is 1. The first-order valence-corrected chi connectivity index (χ1v) is 9.94. The Kier molecular flexibility index (Phi) is 5.85. The second-order valence-electron chi connectivity index (χ2n) is 7.25. The zero-order valence-corrected chi connectivity index (χ0v) is 17.2. The summed E-state index contributed by atoms with van der Waals surface area (Å²) in [4.78, 5) is 19.6. The highest BCUT2D eigenvalue weighted by molar-refractivity contribution is 6.08. The minimum absolute atomic E-state index is 0.248. The SMILES string of the molecule is Cc1nccc2c1[nH]c1ccc(OCCNC(=O)/C=C/c3cccc(C(F)(F)F)c3)cc12. The number of rotatable bonds is 6. The van der Waals surface area contributed by atoms with Crippen LogP contribution in [0.2, 0.25) is 0 Å². The van der Waals surface area contributed by atoms with Gasteiger partial charge in [0.05, 0.1) is 23.3 Å². The summed E-state index contributed by atoms with van der Waals surface area (Å²) in [6.45, 7) is 2.44. The van der Waals surface area contributed by atoms with Crippen molar-refractivity contribution in [3.63, 3.8) is 0 Å². The third-order valence-corrected chi connectivity index (χ3v) is 4.99. The highest BCUT2D eigenvalue weighted by atomic mass is 19.4. The molecule has 0 fully saturated rings. The van der Waals surface area contributed by atoms with Crippen LogP contribution in [0.5, 0.6) is 5.75 Å². The van der Waals surface area contributed by atoms with E-state index in [1.54, 1.807) is 6.20 Å². The number of aromatic nitrogens is 2. The fourth-order valence-electron chi connectivity index (χ4n) is 3.42. The fourth-order valence-corrected chi connectivity index (χ4v) is 3.42. The molecule has 2 aromatic carbocycles. The van der Waals surface area contributed by atoms with Crippen molar-refractivity contribution in [1.82, 2.24) is 15.3 Å². The number of fused-ring (bicyclic) bond motifs is 3. The Morgan fingerprint density at radius 3 is 2.81 bits per heavy atom. The van der Waals surface area contributed by atoms with Gasteiger partial charge in [0.15, 0.2) is 0 Å². The standard InChI is InChI=1S/C24H20F3N3O2/c1-15-23-19(9-10-28-15)20-14-18(6-7-21(20)30-23)32-12-11-29-22(31)8-5-16-3-2-4-17(13-16)24(25,26)27/h2-10,13-14,30H,11-12H2,1H3,(H,29,31)/b8-5+. The van der Waals surface area contributed by atoms with Crippen molar-refractivity contribution in [2.24, 2.45) is 0 Å². The number of benzene rings is 2. The van der Waals surface area contributed by atoms with Crippen molar-refractivity contribution < 1.29 is 22.7 Å². The Bertz CT molecular complexity index is 1310. The first-order chi connectivity index (χ1) is 15.3. The van der Waals surface area contributed by atoms with Crippen LogP contribution in [0.15, 0.2) is 60.8 Å². The molecule has 164 valence electrons. The Morgan fingerprint density at radius 1 is 1.16 bits per heavy atom. The summed E-state index contributed by atoms with van der Waals surface area (Å²) in [5.41, 5.74) is 2.42. The molecule has 0 radical (unpaired) electrons. The van der Waals surface area contributed by atoms with Gasteiger partial charge in [-0.05, 0) is 55.0 Å². The van der Waals surface area contributed by atoms with E-state index in [4.69, 9.17) is 4.74 Å². The molecule has 5 nitrogen and oxygen atoms in total. The summed E-state index contributed by atoms with van der Waals surface area (Å²) in [7, 11) is 0. The summed E-state index contributed by atoms with van der Waals surface area (Å²) in [5.74, 6) is 0.252. The number of carbonyl (C=O) groups excluding carboxylic acids is 1. The number of nitrogens with zero attached hydrogens (tertiary/aromatic N) is 1. The second-order valence-corrected chi connectivity index (χ2v) is 7.25. The van der Waals surface area contributed by atoms with E-state index in [9.17, 15) is 18.0 Å². The third-order valence-electron chi connectivity index (χ3n) is 4.99. The Balaban J connectivity index is 1.32. The quantitative estimate of drug-likeness (QED) is 0.319. The number of amides is 1. The number of H-pyrrole nitrogens is 1. The van der Waals surface area contributed by atoms with E-state index in [1.165, 1.54) is 24.3 Å². The monoisotopic (exact) mass is 439 g/mol. The van der Waals surface area contributed by atoms with Crippen LogP contribution < -0.4 is 10.1 Å². The normalized spacial score (nSPS) is 12.0. The third kappa shape index (κ3) is 4.74. The summed E-state index contributed by atoms with van der Waals surface area (Å²) in [6, 6.07) is 12.4. The first-order valence-electron chi connectivity index (χ1n) is 9.94. The average Bonchev–Trinajstić information content (AvgIpc) is 3.14. The molecule has 2 aromatic heterocycles. The molecule has 0 aliphatic heterocycles. The molecular formula is C24H20F3N3O2. The Labute approximate surface area is 181 Å². The van der Waals surface area contributed by atoms with Crippen LogP contribution in [0.25, 0.3) is 27.9 Å². The molecule has 1 amide bonds. The maximum atomic E-state index is 12.8. The largest absolute Gasteiger partial charge is 0.492 e. The first kappa shape index (κ1) is 21.4. The minimum Gasteiger partial charge on any atom is -0.492 e. The van der Waals surface area contributed by atoms with Crippen molar-refractivity contribution in [3.05, 3.63) is 77.6 Å². The fraction of sp³-hybridized carbons (Fsp3) is 0.167. The van der Waals surface area contributed by atoms with E-state index in [2.05, 4.69) is 15.3 Å². The average molecular weight is 439 g/mol. The molecule has 8 heteroatoms. The van der Waals surface area contributed by atoms with E-state index in [0.717, 1.165) is 39.6 Å². The van der Waals surface area contributed by atoms with Crippen molar-refractivity contribution in [2.75, 3.05) is 13.2 Å². The molecule has 32 heavy (non-hydrogen) atoms. The van der Waals surface area contributed by atoms with E-state index in [-0.39, 0.29) is 13.2 Å². The van der Waals surface area contributed by atoms with Crippen molar-refractivity contribution in [2.45, 2.75) is 13.1 Å². The van der Waals surface area contributed by atoms with Gasteiger partial charge in [0.25, 0.3) is 0 Å². The lowest BCUT2D eigenvalue weighted by molar-refractivity contribution is -0.137. The molecule has 0 aliphatic carbocycles. The molecular weight excluding hydrogens is 419 g/mol. The summed E-state index contributed by atoms with van der Waals surface area (Å²) in [6.07, 6.45) is -0.118. The minimum atomic E-state index is -4.42. The molecule has 0 aliphatic rings. The number of carbonyl (C=O) groups is 1. The second kappa shape index (κ2) is 8.74. The van der Waals surface area contributed by atoms with Crippen LogP contribution in [-0.2, 0) is 11.0 Å². The van der Waals surface area contributed by atoms with E-state index in [1.807, 2.05) is 31.2 Å². The number of hydrogen-bond acceptors (Lipinski definition) is 3. The lowest BCUT2D eigenvalue weighted by atomic mass is 10.1. The Hall–Kier alpha value is -3.81. The molecule has 0 spiro atoms. The van der Waals surface area contributed by atoms with Crippen molar-refractivity contribution in [3.8, 4) is 5.75 Å². The van der Waals surface area contributed by atoms with Crippen LogP contribution in [0, 0.1) is 6.92 Å². The number of pyridine rings is 1. The smallest absolute Gasteiger partial charge is 0.416 e. The van der Waals surface area contributed by atoms with Gasteiger partial charge in [-0.1, -0.05) is 12.1 Å². The maximum Gasteiger partial charge on any atom is 0.416 e. The number of hydrogen-bond donors (Lipinski definition) is 2. The highest BCUT2D eigenvalue weighted by Gasteiger charge is 2.30. The molecule has 0 saturated heterocycles. The van der Waals surface area contributed by atoms with Crippen LogP contribution in [0.3, 0.4) is 0 Å². The molecule has 0 unspecified atom stereocenters.